The smallest absolute Gasteiger partial charge is 0.176 e. The Hall–Kier alpha value is -3.11. The Morgan fingerprint density at radius 3 is 2.68 bits per heavy atom. The molecule has 0 bridgehead atoms. The van der Waals surface area contributed by atoms with Gasteiger partial charge in [0.2, 0.25) is 0 Å². The Morgan fingerprint density at radius 2 is 1.89 bits per heavy atom. The molecule has 4 heteroatoms. The lowest BCUT2D eigenvalue weighted by Crippen LogP contribution is -2.17. The van der Waals surface area contributed by atoms with E-state index in [-0.39, 0.29) is 0 Å². The van der Waals surface area contributed by atoms with Gasteiger partial charge in [0.05, 0.1) is 7.11 Å². The van der Waals surface area contributed by atoms with Crippen LogP contribution in [0.5, 0.6) is 5.75 Å². The molecular formula is C24H24N2O2. The van der Waals surface area contributed by atoms with Gasteiger partial charge in [-0.25, -0.2) is 0 Å². The molecular weight excluding hydrogens is 348 g/mol. The lowest BCUT2D eigenvalue weighted by atomic mass is 10.1. The van der Waals surface area contributed by atoms with Crippen LogP contribution in [0.25, 0.3) is 22.3 Å². The minimum absolute atomic E-state index is 0.763. The van der Waals surface area contributed by atoms with Crippen molar-refractivity contribution in [2.45, 2.75) is 19.9 Å². The first kappa shape index (κ1) is 18.3. The van der Waals surface area contributed by atoms with Crippen LogP contribution in [0.2, 0.25) is 0 Å². The van der Waals surface area contributed by atoms with E-state index < -0.39 is 0 Å². The van der Waals surface area contributed by atoms with Crippen molar-refractivity contribution >= 4 is 11.0 Å². The number of nitrogens with one attached hydrogen (secondary N) is 1. The third-order valence-corrected chi connectivity index (χ3v) is 4.89. The highest BCUT2D eigenvalue weighted by Crippen LogP contribution is 2.35. The van der Waals surface area contributed by atoms with Gasteiger partial charge in [-0.3, -0.25) is 4.98 Å². The molecule has 0 aliphatic carbocycles. The maximum absolute atomic E-state index is 6.14. The van der Waals surface area contributed by atoms with E-state index in [0.29, 0.717) is 0 Å². The van der Waals surface area contributed by atoms with Gasteiger partial charge in [0.1, 0.15) is 5.76 Å². The molecule has 28 heavy (non-hydrogen) atoms. The van der Waals surface area contributed by atoms with Crippen molar-refractivity contribution < 1.29 is 9.15 Å². The highest BCUT2D eigenvalue weighted by Gasteiger charge is 2.13. The molecule has 4 nitrogen and oxygen atoms in total. The maximum Gasteiger partial charge on any atom is 0.176 e. The molecule has 142 valence electrons. The molecule has 1 N–H and O–H groups in total. The van der Waals surface area contributed by atoms with E-state index in [4.69, 9.17) is 9.15 Å². The number of pyridine rings is 1. The number of rotatable bonds is 7. The van der Waals surface area contributed by atoms with Crippen LogP contribution in [0.4, 0.5) is 0 Å². The van der Waals surface area contributed by atoms with Crippen LogP contribution in [0.15, 0.2) is 71.3 Å². The highest BCUT2D eigenvalue weighted by molar-refractivity contribution is 5.88. The summed E-state index contributed by atoms with van der Waals surface area (Å²) in [4.78, 5) is 4.36. The van der Waals surface area contributed by atoms with E-state index in [1.54, 1.807) is 7.11 Å². The van der Waals surface area contributed by atoms with Crippen LogP contribution < -0.4 is 10.1 Å². The minimum Gasteiger partial charge on any atom is -0.493 e. The van der Waals surface area contributed by atoms with Crippen LogP contribution >= 0.6 is 0 Å². The number of nitrogens with zero attached hydrogens (tertiary/aromatic N) is 1. The summed E-state index contributed by atoms with van der Waals surface area (Å²) in [7, 11) is 1.68. The number of aryl methyl sites for hydroxylation is 1. The van der Waals surface area contributed by atoms with E-state index in [9.17, 15) is 0 Å². The first-order valence-corrected chi connectivity index (χ1v) is 9.51. The lowest BCUT2D eigenvalue weighted by molar-refractivity contribution is 0.410. The summed E-state index contributed by atoms with van der Waals surface area (Å²) < 4.78 is 11.7. The second-order valence-corrected chi connectivity index (χ2v) is 6.89. The molecule has 2 aromatic heterocycles. The summed E-state index contributed by atoms with van der Waals surface area (Å²) >= 11 is 0. The second-order valence-electron chi connectivity index (χ2n) is 6.89. The third kappa shape index (κ3) is 3.92. The number of hydrogen-bond donors (Lipinski definition) is 1. The van der Waals surface area contributed by atoms with E-state index >= 15 is 0 Å². The Kier molecular flexibility index (Phi) is 5.40. The largest absolute Gasteiger partial charge is 0.493 e. The average molecular weight is 372 g/mol. The molecule has 0 spiro atoms. The van der Waals surface area contributed by atoms with E-state index in [1.807, 2.05) is 36.5 Å². The van der Waals surface area contributed by atoms with E-state index in [1.165, 1.54) is 11.1 Å². The van der Waals surface area contributed by atoms with Gasteiger partial charge in [-0.2, -0.15) is 0 Å². The Morgan fingerprint density at radius 1 is 1.04 bits per heavy atom. The molecule has 0 aliphatic heterocycles. The zero-order valence-corrected chi connectivity index (χ0v) is 16.2. The van der Waals surface area contributed by atoms with Crippen LogP contribution in [0.1, 0.15) is 16.8 Å². The van der Waals surface area contributed by atoms with Gasteiger partial charge in [0, 0.05) is 42.4 Å². The quantitative estimate of drug-likeness (QED) is 0.456. The van der Waals surface area contributed by atoms with Crippen molar-refractivity contribution in [2.24, 2.45) is 0 Å². The monoisotopic (exact) mass is 372 g/mol. The third-order valence-electron chi connectivity index (χ3n) is 4.89. The summed E-state index contributed by atoms with van der Waals surface area (Å²) in [5.74, 6) is 1.63. The van der Waals surface area contributed by atoms with Crippen LogP contribution in [-0.4, -0.2) is 18.6 Å². The predicted molar refractivity (Wildman–Crippen MR) is 113 cm³/mol. The van der Waals surface area contributed by atoms with Crippen molar-refractivity contribution in [3.8, 4) is 17.1 Å². The number of fused-ring (bicyclic) bond motifs is 1. The molecule has 4 aromatic rings. The Balaban J connectivity index is 1.52. The molecule has 0 saturated carbocycles. The van der Waals surface area contributed by atoms with Gasteiger partial charge in [0.25, 0.3) is 0 Å². The molecule has 0 aliphatic rings. The van der Waals surface area contributed by atoms with Gasteiger partial charge in [-0.1, -0.05) is 30.3 Å². The van der Waals surface area contributed by atoms with E-state index in [0.717, 1.165) is 53.2 Å². The van der Waals surface area contributed by atoms with Gasteiger partial charge in [0.15, 0.2) is 11.3 Å². The standard InChI is InChI=1S/C24H24N2O2/c1-17-7-3-4-9-21(17)22-15-19-13-18(14-23(27-2)24(19)28-22)16-25-12-10-20-8-5-6-11-26-20/h3-9,11,13-15,25H,10,12,16H2,1-2H3. The second kappa shape index (κ2) is 8.28. The number of aromatic nitrogens is 1. The number of hydrogen-bond acceptors (Lipinski definition) is 4. The van der Waals surface area contributed by atoms with Gasteiger partial charge in [-0.15, -0.1) is 0 Å². The maximum atomic E-state index is 6.14. The Labute approximate surface area is 165 Å². The number of ether oxygens (including phenoxy) is 1. The molecule has 2 heterocycles. The average Bonchev–Trinajstić information content (AvgIpc) is 3.15. The summed E-state index contributed by atoms with van der Waals surface area (Å²) in [6.45, 7) is 3.73. The van der Waals surface area contributed by atoms with Crippen LogP contribution in [0, 0.1) is 6.92 Å². The van der Waals surface area contributed by atoms with Crippen molar-refractivity contribution in [1.29, 1.82) is 0 Å². The number of furan rings is 1. The summed E-state index contributed by atoms with van der Waals surface area (Å²) in [6, 6.07) is 20.6. The topological polar surface area (TPSA) is 47.3 Å². The predicted octanol–water partition coefficient (Wildman–Crippen LogP) is 5.14. The zero-order valence-electron chi connectivity index (χ0n) is 16.2. The van der Waals surface area contributed by atoms with Gasteiger partial charge < -0.3 is 14.5 Å². The Bertz CT molecular complexity index is 1070. The molecule has 0 saturated heterocycles. The fourth-order valence-corrected chi connectivity index (χ4v) is 3.41. The normalized spacial score (nSPS) is 11.1. The van der Waals surface area contributed by atoms with Crippen LogP contribution in [0.3, 0.4) is 0 Å². The summed E-state index contributed by atoms with van der Waals surface area (Å²) in [5, 5.41) is 4.54. The summed E-state index contributed by atoms with van der Waals surface area (Å²) in [6.07, 6.45) is 2.74. The molecule has 0 atom stereocenters. The fraction of sp³-hybridized carbons (Fsp3) is 0.208. The van der Waals surface area contributed by atoms with Gasteiger partial charge in [-0.05, 0) is 48.4 Å². The van der Waals surface area contributed by atoms with Gasteiger partial charge >= 0.3 is 0 Å². The van der Waals surface area contributed by atoms with E-state index in [2.05, 4.69) is 47.6 Å². The highest BCUT2D eigenvalue weighted by atomic mass is 16.5. The molecule has 0 radical (unpaired) electrons. The summed E-state index contributed by atoms with van der Waals surface area (Å²) in [5.41, 5.74) is 5.36. The van der Waals surface area contributed by atoms with Crippen molar-refractivity contribution in [2.75, 3.05) is 13.7 Å². The number of methoxy groups -OCH3 is 1. The number of benzene rings is 2. The minimum atomic E-state index is 0.763. The first-order valence-electron chi connectivity index (χ1n) is 9.51. The molecule has 0 fully saturated rings. The fourth-order valence-electron chi connectivity index (χ4n) is 3.41. The lowest BCUT2D eigenvalue weighted by Gasteiger charge is -2.07. The van der Waals surface area contributed by atoms with Crippen molar-refractivity contribution in [1.82, 2.24) is 10.3 Å². The van der Waals surface area contributed by atoms with Crippen molar-refractivity contribution in [3.63, 3.8) is 0 Å². The SMILES string of the molecule is COc1cc(CNCCc2ccccn2)cc2cc(-c3ccccc3C)oc12. The molecule has 4 rings (SSSR count). The zero-order chi connectivity index (χ0) is 19.3. The first-order chi connectivity index (χ1) is 13.7. The molecule has 0 unspecified atom stereocenters. The molecule has 0 amide bonds. The molecule has 2 aromatic carbocycles. The van der Waals surface area contributed by atoms with Crippen molar-refractivity contribution in [3.05, 3.63) is 83.7 Å². The van der Waals surface area contributed by atoms with Crippen LogP contribution in [-0.2, 0) is 13.0 Å².